The van der Waals surface area contributed by atoms with E-state index in [0.717, 1.165) is 18.5 Å². The molecule has 1 aliphatic rings. The summed E-state index contributed by atoms with van der Waals surface area (Å²) < 4.78 is 0. The fraction of sp³-hybridized carbons (Fsp3) is 0.632. The third-order valence-electron chi connectivity index (χ3n) is 4.43. The van der Waals surface area contributed by atoms with E-state index in [1.165, 1.54) is 5.56 Å². The molecule has 1 heterocycles. The monoisotopic (exact) mass is 319 g/mol. The second kappa shape index (κ2) is 7.56. The van der Waals surface area contributed by atoms with Crippen LogP contribution in [0.3, 0.4) is 0 Å². The van der Waals surface area contributed by atoms with E-state index in [1.54, 1.807) is 0 Å². The molecule has 0 unspecified atom stereocenters. The zero-order valence-corrected chi connectivity index (χ0v) is 14.5. The maximum Gasteiger partial charge on any atom is 0.162 e. The van der Waals surface area contributed by atoms with Crippen molar-refractivity contribution < 1.29 is 15.0 Å². The number of β-amino-alcohol motifs (C(OH)–C–C–N with tert-alkyl or cyclic N) is 2. The van der Waals surface area contributed by atoms with Crippen molar-refractivity contribution >= 4 is 5.78 Å². The van der Waals surface area contributed by atoms with Crippen LogP contribution in [0, 0.1) is 0 Å². The van der Waals surface area contributed by atoms with E-state index in [2.05, 4.69) is 20.8 Å². The molecule has 128 valence electrons. The summed E-state index contributed by atoms with van der Waals surface area (Å²) in [6.07, 6.45) is 0.783. The van der Waals surface area contributed by atoms with E-state index in [4.69, 9.17) is 0 Å². The lowest BCUT2D eigenvalue weighted by Gasteiger charge is -2.33. The third kappa shape index (κ3) is 5.41. The van der Waals surface area contributed by atoms with E-state index in [9.17, 15) is 15.0 Å². The molecule has 1 saturated heterocycles. The largest absolute Gasteiger partial charge is 0.392 e. The van der Waals surface area contributed by atoms with E-state index < -0.39 is 12.2 Å². The quantitative estimate of drug-likeness (QED) is 0.818. The van der Waals surface area contributed by atoms with E-state index in [-0.39, 0.29) is 11.2 Å². The maximum atomic E-state index is 12.3. The SMILES string of the molecule is CC(C)(C)c1ccc(C(=O)CCCN2C[C@H](O)C[C@@H](O)C2)cc1. The third-order valence-corrected chi connectivity index (χ3v) is 4.43. The molecule has 2 N–H and O–H groups in total. The molecule has 0 aromatic heterocycles. The molecular weight excluding hydrogens is 290 g/mol. The van der Waals surface area contributed by atoms with Gasteiger partial charge in [-0.05, 0) is 23.9 Å². The molecule has 4 heteroatoms. The van der Waals surface area contributed by atoms with Gasteiger partial charge < -0.3 is 10.2 Å². The molecular formula is C19H29NO3. The van der Waals surface area contributed by atoms with Crippen molar-refractivity contribution in [2.75, 3.05) is 19.6 Å². The molecule has 1 aromatic rings. The number of benzene rings is 1. The van der Waals surface area contributed by atoms with Crippen molar-refractivity contribution in [3.63, 3.8) is 0 Å². The normalized spacial score (nSPS) is 23.0. The van der Waals surface area contributed by atoms with Gasteiger partial charge in [0.05, 0.1) is 12.2 Å². The fourth-order valence-electron chi connectivity index (χ4n) is 3.08. The summed E-state index contributed by atoms with van der Waals surface area (Å²) in [6, 6.07) is 7.89. The van der Waals surface area contributed by atoms with Gasteiger partial charge in [0.1, 0.15) is 0 Å². The van der Waals surface area contributed by atoms with Gasteiger partial charge in [-0.15, -0.1) is 0 Å². The molecule has 1 fully saturated rings. The molecule has 0 saturated carbocycles. The number of aliphatic hydroxyl groups is 2. The number of carbonyl (C=O) groups excluding carboxylic acids is 1. The average Bonchev–Trinajstić information content (AvgIpc) is 2.45. The van der Waals surface area contributed by atoms with Crippen LogP contribution >= 0.6 is 0 Å². The highest BCUT2D eigenvalue weighted by atomic mass is 16.3. The molecule has 0 radical (unpaired) electrons. The zero-order valence-electron chi connectivity index (χ0n) is 14.5. The Balaban J connectivity index is 1.81. The van der Waals surface area contributed by atoms with Crippen LogP contribution in [0.25, 0.3) is 0 Å². The highest BCUT2D eigenvalue weighted by Crippen LogP contribution is 2.22. The minimum absolute atomic E-state index is 0.0948. The van der Waals surface area contributed by atoms with Crippen LogP contribution in [0.1, 0.15) is 56.0 Å². The Morgan fingerprint density at radius 2 is 1.70 bits per heavy atom. The van der Waals surface area contributed by atoms with Gasteiger partial charge in [-0.2, -0.15) is 0 Å². The highest BCUT2D eigenvalue weighted by Gasteiger charge is 2.24. The van der Waals surface area contributed by atoms with Crippen LogP contribution in [-0.4, -0.2) is 52.7 Å². The molecule has 23 heavy (non-hydrogen) atoms. The number of ketones is 1. The van der Waals surface area contributed by atoms with Gasteiger partial charge in [0.15, 0.2) is 5.78 Å². The van der Waals surface area contributed by atoms with Gasteiger partial charge in [0.2, 0.25) is 0 Å². The van der Waals surface area contributed by atoms with Crippen molar-refractivity contribution in [3.8, 4) is 0 Å². The van der Waals surface area contributed by atoms with Crippen LogP contribution in [0.2, 0.25) is 0 Å². The summed E-state index contributed by atoms with van der Waals surface area (Å²) in [5.74, 6) is 0.156. The van der Waals surface area contributed by atoms with Crippen molar-refractivity contribution in [1.29, 1.82) is 0 Å². The molecule has 2 atom stereocenters. The Labute approximate surface area is 139 Å². The van der Waals surface area contributed by atoms with Crippen LogP contribution in [-0.2, 0) is 5.41 Å². The molecule has 0 spiro atoms. The van der Waals surface area contributed by atoms with E-state index in [1.807, 2.05) is 29.2 Å². The second-order valence-electron chi connectivity index (χ2n) is 7.66. The minimum Gasteiger partial charge on any atom is -0.392 e. The Kier molecular flexibility index (Phi) is 5.95. The minimum atomic E-state index is -0.459. The van der Waals surface area contributed by atoms with Crippen molar-refractivity contribution in [2.24, 2.45) is 0 Å². The molecule has 2 rings (SSSR count). The number of Topliss-reactive ketones (excluding diaryl/α,β-unsaturated/α-hetero) is 1. The topological polar surface area (TPSA) is 60.8 Å². The lowest BCUT2D eigenvalue weighted by molar-refractivity contribution is -0.00818. The first-order valence-electron chi connectivity index (χ1n) is 8.48. The van der Waals surface area contributed by atoms with Gasteiger partial charge in [0.25, 0.3) is 0 Å². The standard InChI is InChI=1S/C19H29NO3/c1-19(2,3)15-8-6-14(7-9-15)18(23)5-4-10-20-12-16(21)11-17(22)13-20/h6-9,16-17,21-22H,4-5,10-13H2,1-3H3/t16-,17-/m1/s1. The lowest BCUT2D eigenvalue weighted by atomic mass is 9.86. The van der Waals surface area contributed by atoms with Crippen molar-refractivity contribution in [1.82, 2.24) is 4.90 Å². The summed E-state index contributed by atoms with van der Waals surface area (Å²) in [5.41, 5.74) is 2.08. The fourth-order valence-corrected chi connectivity index (χ4v) is 3.08. The number of likely N-dealkylation sites (tertiary alicyclic amines) is 1. The van der Waals surface area contributed by atoms with Crippen molar-refractivity contribution in [3.05, 3.63) is 35.4 Å². The lowest BCUT2D eigenvalue weighted by Crippen LogP contribution is -2.45. The maximum absolute atomic E-state index is 12.3. The summed E-state index contributed by atoms with van der Waals surface area (Å²) in [7, 11) is 0. The first-order valence-corrected chi connectivity index (χ1v) is 8.48. The molecule has 0 amide bonds. The van der Waals surface area contributed by atoms with Gasteiger partial charge in [-0.25, -0.2) is 0 Å². The second-order valence-corrected chi connectivity index (χ2v) is 7.66. The molecule has 0 aliphatic carbocycles. The van der Waals surface area contributed by atoms with Crippen LogP contribution in [0.5, 0.6) is 0 Å². The number of hydrogen-bond acceptors (Lipinski definition) is 4. The number of hydrogen-bond donors (Lipinski definition) is 2. The van der Waals surface area contributed by atoms with Gasteiger partial charge >= 0.3 is 0 Å². The summed E-state index contributed by atoms with van der Waals surface area (Å²) in [4.78, 5) is 14.3. The number of rotatable bonds is 5. The predicted octanol–water partition coefficient (Wildman–Crippen LogP) is 2.37. The van der Waals surface area contributed by atoms with E-state index >= 15 is 0 Å². The Morgan fingerprint density at radius 1 is 1.13 bits per heavy atom. The smallest absolute Gasteiger partial charge is 0.162 e. The van der Waals surface area contributed by atoms with Gasteiger partial charge in [-0.1, -0.05) is 45.0 Å². The van der Waals surface area contributed by atoms with Gasteiger partial charge in [-0.3, -0.25) is 9.69 Å². The Morgan fingerprint density at radius 3 is 2.22 bits per heavy atom. The molecule has 1 aliphatic heterocycles. The highest BCUT2D eigenvalue weighted by molar-refractivity contribution is 5.96. The molecule has 4 nitrogen and oxygen atoms in total. The number of aliphatic hydroxyl groups excluding tert-OH is 2. The summed E-state index contributed by atoms with van der Waals surface area (Å²) >= 11 is 0. The Bertz CT molecular complexity index is 508. The zero-order chi connectivity index (χ0) is 17.0. The van der Waals surface area contributed by atoms with Crippen LogP contribution in [0.15, 0.2) is 24.3 Å². The van der Waals surface area contributed by atoms with Gasteiger partial charge in [0, 0.05) is 31.5 Å². The number of piperidine rings is 1. The predicted molar refractivity (Wildman–Crippen MR) is 91.8 cm³/mol. The van der Waals surface area contributed by atoms with E-state index in [0.29, 0.717) is 25.9 Å². The number of nitrogens with zero attached hydrogens (tertiary/aromatic N) is 1. The summed E-state index contributed by atoms with van der Waals surface area (Å²) in [5, 5.41) is 19.3. The van der Waals surface area contributed by atoms with Crippen LogP contribution in [0.4, 0.5) is 0 Å². The van der Waals surface area contributed by atoms with Crippen LogP contribution < -0.4 is 0 Å². The molecule has 0 bridgehead atoms. The average molecular weight is 319 g/mol. The number of carbonyl (C=O) groups is 1. The molecule has 1 aromatic carbocycles. The summed E-state index contributed by atoms with van der Waals surface area (Å²) in [6.45, 7) is 8.39. The first kappa shape index (κ1) is 18.1. The van der Waals surface area contributed by atoms with Crippen molar-refractivity contribution in [2.45, 2.75) is 57.7 Å². The Hall–Kier alpha value is -1.23. The first-order chi connectivity index (χ1) is 10.8.